The second kappa shape index (κ2) is 7.84. The maximum atomic E-state index is 14.0. The van der Waals surface area contributed by atoms with E-state index in [0.717, 1.165) is 12.8 Å². The number of hydrogen-bond donors (Lipinski definition) is 2. The van der Waals surface area contributed by atoms with E-state index in [9.17, 15) is 12.8 Å². The van der Waals surface area contributed by atoms with E-state index in [1.165, 1.54) is 25.2 Å². The lowest BCUT2D eigenvalue weighted by atomic mass is 9.93. The number of halogens is 1. The molecule has 0 saturated carbocycles. The predicted molar refractivity (Wildman–Crippen MR) is 80.8 cm³/mol. The second-order valence-corrected chi connectivity index (χ2v) is 6.93. The summed E-state index contributed by atoms with van der Waals surface area (Å²) in [5.74, 6) is -0.978. The summed E-state index contributed by atoms with van der Waals surface area (Å²) in [6, 6.07) is 5.90. The third-order valence-electron chi connectivity index (χ3n) is 3.17. The standard InChI is InChI=1S/C14H23FN2O3S/c1-3-4-9-20-10-14(16,11-21(18,19)17-2)12-7-5-6-8-13(12)15/h5-8,17H,3-4,9-11,16H2,1-2H3. The third kappa shape index (κ3) is 5.35. The maximum Gasteiger partial charge on any atom is 0.213 e. The molecule has 120 valence electrons. The van der Waals surface area contributed by atoms with Gasteiger partial charge in [0, 0.05) is 12.2 Å². The zero-order chi connectivity index (χ0) is 15.9. The van der Waals surface area contributed by atoms with Crippen molar-refractivity contribution in [3.05, 3.63) is 35.6 Å². The van der Waals surface area contributed by atoms with Gasteiger partial charge in [0.2, 0.25) is 10.0 Å². The Morgan fingerprint density at radius 1 is 1.38 bits per heavy atom. The zero-order valence-corrected chi connectivity index (χ0v) is 13.2. The molecule has 0 bridgehead atoms. The first-order chi connectivity index (χ1) is 9.84. The summed E-state index contributed by atoms with van der Waals surface area (Å²) in [5.41, 5.74) is 4.89. The molecule has 0 heterocycles. The molecular weight excluding hydrogens is 295 g/mol. The Morgan fingerprint density at radius 2 is 2.05 bits per heavy atom. The van der Waals surface area contributed by atoms with Crippen LogP contribution in [0.25, 0.3) is 0 Å². The maximum absolute atomic E-state index is 14.0. The molecule has 0 aliphatic carbocycles. The summed E-state index contributed by atoms with van der Waals surface area (Å²) in [7, 11) is -2.31. The van der Waals surface area contributed by atoms with Gasteiger partial charge in [0.1, 0.15) is 5.82 Å². The Labute approximate surface area is 125 Å². The van der Waals surface area contributed by atoms with Crippen LogP contribution in [0.15, 0.2) is 24.3 Å². The number of rotatable bonds is 9. The molecule has 1 aromatic carbocycles. The molecule has 1 aromatic rings. The number of nitrogens with one attached hydrogen (secondary N) is 1. The number of hydrogen-bond acceptors (Lipinski definition) is 4. The molecule has 5 nitrogen and oxygen atoms in total. The van der Waals surface area contributed by atoms with Gasteiger partial charge in [-0.1, -0.05) is 31.5 Å². The predicted octanol–water partition coefficient (Wildman–Crippen LogP) is 1.35. The molecule has 0 aliphatic rings. The van der Waals surface area contributed by atoms with Crippen molar-refractivity contribution in [1.29, 1.82) is 0 Å². The highest BCUT2D eigenvalue weighted by molar-refractivity contribution is 7.89. The molecule has 0 aromatic heterocycles. The Hall–Kier alpha value is -1.02. The average Bonchev–Trinajstić information content (AvgIpc) is 2.43. The van der Waals surface area contributed by atoms with E-state index in [1.807, 2.05) is 6.92 Å². The highest BCUT2D eigenvalue weighted by atomic mass is 32.2. The van der Waals surface area contributed by atoms with Crippen LogP contribution >= 0.6 is 0 Å². The van der Waals surface area contributed by atoms with Gasteiger partial charge < -0.3 is 10.5 Å². The Balaban J connectivity index is 3.02. The first kappa shape index (κ1) is 18.0. The number of ether oxygens (including phenoxy) is 1. The lowest BCUT2D eigenvalue weighted by molar-refractivity contribution is 0.0879. The highest BCUT2D eigenvalue weighted by Crippen LogP contribution is 2.23. The minimum Gasteiger partial charge on any atom is -0.379 e. The normalized spacial score (nSPS) is 14.9. The van der Waals surface area contributed by atoms with Gasteiger partial charge in [0.15, 0.2) is 0 Å². The minimum atomic E-state index is -3.61. The van der Waals surface area contributed by atoms with Gasteiger partial charge in [-0.15, -0.1) is 0 Å². The molecule has 7 heteroatoms. The van der Waals surface area contributed by atoms with Crippen molar-refractivity contribution in [2.24, 2.45) is 5.73 Å². The summed E-state index contributed by atoms with van der Waals surface area (Å²) in [5, 5.41) is 0. The van der Waals surface area contributed by atoms with Gasteiger partial charge in [-0.25, -0.2) is 17.5 Å². The number of sulfonamides is 1. The molecule has 0 aliphatic heterocycles. The number of unbranched alkanes of at least 4 members (excludes halogenated alkanes) is 1. The van der Waals surface area contributed by atoms with E-state index in [2.05, 4.69) is 4.72 Å². The molecule has 0 radical (unpaired) electrons. The third-order valence-corrected chi connectivity index (χ3v) is 4.69. The summed E-state index contributed by atoms with van der Waals surface area (Å²) >= 11 is 0. The molecule has 0 saturated heterocycles. The fraction of sp³-hybridized carbons (Fsp3) is 0.571. The average molecular weight is 318 g/mol. The number of nitrogens with two attached hydrogens (primary N) is 1. The van der Waals surface area contributed by atoms with Crippen LogP contribution in [0.5, 0.6) is 0 Å². The van der Waals surface area contributed by atoms with E-state index in [1.54, 1.807) is 6.07 Å². The molecule has 0 spiro atoms. The van der Waals surface area contributed by atoms with Gasteiger partial charge in [-0.2, -0.15) is 0 Å². The van der Waals surface area contributed by atoms with E-state index >= 15 is 0 Å². The summed E-state index contributed by atoms with van der Waals surface area (Å²) in [4.78, 5) is 0. The Bertz CT molecular complexity index is 551. The topological polar surface area (TPSA) is 81.4 Å². The van der Waals surface area contributed by atoms with Gasteiger partial charge in [-0.05, 0) is 19.5 Å². The lowest BCUT2D eigenvalue weighted by Gasteiger charge is -2.29. The molecule has 1 unspecified atom stereocenters. The highest BCUT2D eigenvalue weighted by Gasteiger charge is 2.35. The molecular formula is C14H23FN2O3S. The van der Waals surface area contributed by atoms with E-state index in [0.29, 0.717) is 6.61 Å². The fourth-order valence-corrected chi connectivity index (χ4v) is 3.04. The summed E-state index contributed by atoms with van der Waals surface area (Å²) < 4.78 is 45.3. The summed E-state index contributed by atoms with van der Waals surface area (Å²) in [6.45, 7) is 2.42. The molecule has 0 amide bonds. The van der Waals surface area contributed by atoms with Crippen LogP contribution < -0.4 is 10.5 Å². The van der Waals surface area contributed by atoms with Gasteiger partial charge in [0.05, 0.1) is 17.9 Å². The molecule has 1 atom stereocenters. The van der Waals surface area contributed by atoms with Crippen molar-refractivity contribution in [3.8, 4) is 0 Å². The van der Waals surface area contributed by atoms with Gasteiger partial charge >= 0.3 is 0 Å². The van der Waals surface area contributed by atoms with Crippen molar-refractivity contribution in [3.63, 3.8) is 0 Å². The first-order valence-electron chi connectivity index (χ1n) is 6.87. The van der Waals surface area contributed by atoms with Gasteiger partial charge in [0.25, 0.3) is 0 Å². The monoisotopic (exact) mass is 318 g/mol. The van der Waals surface area contributed by atoms with E-state index in [-0.39, 0.29) is 12.2 Å². The zero-order valence-electron chi connectivity index (χ0n) is 12.4. The lowest BCUT2D eigenvalue weighted by Crippen LogP contribution is -2.50. The minimum absolute atomic E-state index is 0.0607. The van der Waals surface area contributed by atoms with E-state index in [4.69, 9.17) is 10.5 Å². The first-order valence-corrected chi connectivity index (χ1v) is 8.52. The van der Waals surface area contributed by atoms with Crippen LogP contribution in [0.2, 0.25) is 0 Å². The number of benzene rings is 1. The van der Waals surface area contributed by atoms with Crippen LogP contribution in [0.1, 0.15) is 25.3 Å². The second-order valence-electron chi connectivity index (χ2n) is 5.01. The molecule has 0 fully saturated rings. The van der Waals surface area contributed by atoms with Crippen LogP contribution in [-0.4, -0.2) is 34.4 Å². The van der Waals surface area contributed by atoms with Crippen molar-refractivity contribution in [2.75, 3.05) is 26.0 Å². The van der Waals surface area contributed by atoms with Crippen molar-refractivity contribution in [2.45, 2.75) is 25.3 Å². The molecule has 3 N–H and O–H groups in total. The van der Waals surface area contributed by atoms with Crippen LogP contribution in [0, 0.1) is 5.82 Å². The quantitative estimate of drug-likeness (QED) is 0.673. The van der Waals surface area contributed by atoms with Crippen LogP contribution in [0.4, 0.5) is 4.39 Å². The summed E-state index contributed by atoms with van der Waals surface area (Å²) in [6.07, 6.45) is 1.79. The van der Waals surface area contributed by atoms with Crippen molar-refractivity contribution >= 4 is 10.0 Å². The van der Waals surface area contributed by atoms with Crippen molar-refractivity contribution < 1.29 is 17.5 Å². The van der Waals surface area contributed by atoms with Crippen LogP contribution in [-0.2, 0) is 20.3 Å². The Morgan fingerprint density at radius 3 is 2.62 bits per heavy atom. The largest absolute Gasteiger partial charge is 0.379 e. The van der Waals surface area contributed by atoms with Gasteiger partial charge in [-0.3, -0.25) is 0 Å². The smallest absolute Gasteiger partial charge is 0.213 e. The molecule has 1 rings (SSSR count). The SMILES string of the molecule is CCCCOCC(N)(CS(=O)(=O)NC)c1ccccc1F. The van der Waals surface area contributed by atoms with E-state index < -0.39 is 27.1 Å². The molecule has 21 heavy (non-hydrogen) atoms. The fourth-order valence-electron chi connectivity index (χ4n) is 1.97. The van der Waals surface area contributed by atoms with Crippen molar-refractivity contribution in [1.82, 2.24) is 4.72 Å². The van der Waals surface area contributed by atoms with Crippen LogP contribution in [0.3, 0.4) is 0 Å². The Kier molecular flexibility index (Phi) is 6.73.